The number of hydrogen-bond acceptors (Lipinski definition) is 2. The van der Waals surface area contributed by atoms with Crippen LogP contribution < -0.4 is 5.32 Å². The molecule has 0 aliphatic heterocycles. The Morgan fingerprint density at radius 1 is 1.00 bits per heavy atom. The Hall–Kier alpha value is -1.88. The molecule has 5 heteroatoms. The maximum Gasteiger partial charge on any atom is 0.221 e. The lowest BCUT2D eigenvalue weighted by atomic mass is 10.2. The minimum atomic E-state index is -0.335. The third-order valence-corrected chi connectivity index (χ3v) is 3.91. The molecule has 0 saturated heterocycles. The lowest BCUT2D eigenvalue weighted by Crippen LogP contribution is -2.23. The zero-order valence-corrected chi connectivity index (χ0v) is 12.1. The fourth-order valence-corrected chi connectivity index (χ4v) is 2.63. The zero-order valence-electron chi connectivity index (χ0n) is 11.3. The first-order valence-corrected chi connectivity index (χ1v) is 7.53. The number of thioether (sulfide) groups is 1. The van der Waals surface area contributed by atoms with E-state index < -0.39 is 0 Å². The normalized spacial score (nSPS) is 10.4. The molecule has 0 radical (unpaired) electrons. The van der Waals surface area contributed by atoms with Crippen LogP contribution in [0.3, 0.4) is 0 Å². The van der Waals surface area contributed by atoms with Crippen molar-refractivity contribution in [3.63, 3.8) is 0 Å². The highest BCUT2D eigenvalue weighted by Crippen LogP contribution is 2.21. The highest BCUT2D eigenvalue weighted by atomic mass is 32.2. The van der Waals surface area contributed by atoms with E-state index in [1.807, 2.05) is 0 Å². The molecule has 2 rings (SSSR count). The molecule has 21 heavy (non-hydrogen) atoms. The van der Waals surface area contributed by atoms with E-state index in [2.05, 4.69) is 5.32 Å². The summed E-state index contributed by atoms with van der Waals surface area (Å²) >= 11 is 1.29. The van der Waals surface area contributed by atoms with E-state index >= 15 is 0 Å². The molecule has 1 amide bonds. The van der Waals surface area contributed by atoms with Gasteiger partial charge in [-0.15, -0.1) is 11.8 Å². The Labute approximate surface area is 126 Å². The molecule has 2 nitrogen and oxygen atoms in total. The van der Waals surface area contributed by atoms with Crippen LogP contribution in [0.15, 0.2) is 53.4 Å². The largest absolute Gasteiger partial charge is 0.352 e. The molecule has 0 spiro atoms. The average molecular weight is 307 g/mol. The van der Waals surface area contributed by atoms with Crippen molar-refractivity contribution in [2.75, 3.05) is 5.75 Å². The van der Waals surface area contributed by atoms with Crippen molar-refractivity contribution in [1.29, 1.82) is 0 Å². The van der Waals surface area contributed by atoms with Gasteiger partial charge in [0.15, 0.2) is 0 Å². The van der Waals surface area contributed by atoms with Gasteiger partial charge in [0.2, 0.25) is 5.91 Å². The summed E-state index contributed by atoms with van der Waals surface area (Å²) in [4.78, 5) is 12.2. The average Bonchev–Trinajstić information content (AvgIpc) is 2.48. The van der Waals surface area contributed by atoms with Crippen LogP contribution in [-0.4, -0.2) is 11.7 Å². The number of rotatable bonds is 6. The Morgan fingerprint density at radius 3 is 2.38 bits per heavy atom. The van der Waals surface area contributed by atoms with E-state index in [1.54, 1.807) is 36.4 Å². The molecular weight excluding hydrogens is 292 g/mol. The van der Waals surface area contributed by atoms with Crippen LogP contribution in [0.2, 0.25) is 0 Å². The Balaban J connectivity index is 1.73. The molecule has 0 bridgehead atoms. The van der Waals surface area contributed by atoms with Gasteiger partial charge in [-0.05, 0) is 18.2 Å². The summed E-state index contributed by atoms with van der Waals surface area (Å²) in [5.74, 6) is -0.320. The Bertz CT molecular complexity index is 619. The standard InChI is InChI=1S/C16H15F2NOS/c17-13-6-2-1-5-12(13)11-19-16(20)9-10-21-15-8-4-3-7-14(15)18/h1-8H,9-11H2,(H,19,20). The first-order chi connectivity index (χ1) is 10.2. The monoisotopic (exact) mass is 307 g/mol. The third-order valence-electron chi connectivity index (χ3n) is 2.86. The Kier molecular flexibility index (Phi) is 5.75. The van der Waals surface area contributed by atoms with Gasteiger partial charge < -0.3 is 5.32 Å². The number of benzene rings is 2. The van der Waals surface area contributed by atoms with E-state index in [9.17, 15) is 13.6 Å². The fourth-order valence-electron chi connectivity index (χ4n) is 1.74. The van der Waals surface area contributed by atoms with E-state index in [-0.39, 0.29) is 30.5 Å². The summed E-state index contributed by atoms with van der Waals surface area (Å²) in [5, 5.41) is 2.65. The predicted octanol–water partition coefficient (Wildman–Crippen LogP) is 3.76. The maximum absolute atomic E-state index is 13.4. The summed E-state index contributed by atoms with van der Waals surface area (Å²) in [7, 11) is 0. The predicted molar refractivity (Wildman–Crippen MR) is 80.0 cm³/mol. The van der Waals surface area contributed by atoms with Crippen LogP contribution in [0.1, 0.15) is 12.0 Å². The molecule has 0 aromatic heterocycles. The highest BCUT2D eigenvalue weighted by Gasteiger charge is 2.06. The molecule has 0 fully saturated rings. The van der Waals surface area contributed by atoms with Gasteiger partial charge in [-0.2, -0.15) is 0 Å². The van der Waals surface area contributed by atoms with Crippen molar-refractivity contribution in [3.8, 4) is 0 Å². The topological polar surface area (TPSA) is 29.1 Å². The van der Waals surface area contributed by atoms with Crippen molar-refractivity contribution in [1.82, 2.24) is 5.32 Å². The van der Waals surface area contributed by atoms with Gasteiger partial charge in [0.1, 0.15) is 11.6 Å². The van der Waals surface area contributed by atoms with E-state index in [0.717, 1.165) is 0 Å². The van der Waals surface area contributed by atoms with Crippen molar-refractivity contribution >= 4 is 17.7 Å². The highest BCUT2D eigenvalue weighted by molar-refractivity contribution is 7.99. The van der Waals surface area contributed by atoms with Crippen molar-refractivity contribution in [2.45, 2.75) is 17.9 Å². The Morgan fingerprint density at radius 2 is 1.67 bits per heavy atom. The molecule has 0 heterocycles. The third kappa shape index (κ3) is 4.86. The van der Waals surface area contributed by atoms with Crippen molar-refractivity contribution in [3.05, 3.63) is 65.7 Å². The van der Waals surface area contributed by atoms with Crippen LogP contribution in [0.25, 0.3) is 0 Å². The van der Waals surface area contributed by atoms with Gasteiger partial charge >= 0.3 is 0 Å². The molecular formula is C16H15F2NOS. The van der Waals surface area contributed by atoms with Gasteiger partial charge in [-0.3, -0.25) is 4.79 Å². The van der Waals surface area contributed by atoms with Gasteiger partial charge in [-0.1, -0.05) is 30.3 Å². The summed E-state index contributed by atoms with van der Waals surface area (Å²) < 4.78 is 26.7. The second-order valence-electron chi connectivity index (χ2n) is 4.40. The summed E-state index contributed by atoms with van der Waals surface area (Å²) in [6, 6.07) is 12.8. The van der Waals surface area contributed by atoms with Crippen LogP contribution in [0.5, 0.6) is 0 Å². The van der Waals surface area contributed by atoms with E-state index in [1.165, 1.54) is 23.9 Å². The van der Waals surface area contributed by atoms with Crippen LogP contribution in [0, 0.1) is 11.6 Å². The first kappa shape index (κ1) is 15.5. The number of halogens is 2. The number of carbonyl (C=O) groups excluding carboxylic acids is 1. The van der Waals surface area contributed by atoms with E-state index in [0.29, 0.717) is 16.2 Å². The lowest BCUT2D eigenvalue weighted by Gasteiger charge is -2.06. The molecule has 0 aliphatic rings. The fraction of sp³-hybridized carbons (Fsp3) is 0.188. The van der Waals surface area contributed by atoms with Gasteiger partial charge in [0, 0.05) is 29.2 Å². The summed E-state index contributed by atoms with van der Waals surface area (Å²) in [6.07, 6.45) is 0.257. The van der Waals surface area contributed by atoms with Gasteiger partial charge in [-0.25, -0.2) is 8.78 Å². The van der Waals surface area contributed by atoms with Crippen LogP contribution in [-0.2, 0) is 11.3 Å². The van der Waals surface area contributed by atoms with Crippen LogP contribution in [0.4, 0.5) is 8.78 Å². The maximum atomic E-state index is 13.4. The number of carbonyl (C=O) groups is 1. The minimum Gasteiger partial charge on any atom is -0.352 e. The smallest absolute Gasteiger partial charge is 0.221 e. The van der Waals surface area contributed by atoms with E-state index in [4.69, 9.17) is 0 Å². The summed E-state index contributed by atoms with van der Waals surface area (Å²) in [6.45, 7) is 0.163. The lowest BCUT2D eigenvalue weighted by molar-refractivity contribution is -0.120. The number of hydrogen-bond donors (Lipinski definition) is 1. The minimum absolute atomic E-state index is 0.163. The van der Waals surface area contributed by atoms with Crippen LogP contribution >= 0.6 is 11.8 Å². The van der Waals surface area contributed by atoms with Gasteiger partial charge in [0.05, 0.1) is 0 Å². The molecule has 0 saturated carbocycles. The summed E-state index contributed by atoms with van der Waals surface area (Å²) in [5.41, 5.74) is 0.451. The number of nitrogens with one attached hydrogen (secondary N) is 1. The molecule has 0 atom stereocenters. The second-order valence-corrected chi connectivity index (χ2v) is 5.53. The molecule has 0 unspecified atom stereocenters. The SMILES string of the molecule is O=C(CCSc1ccccc1F)NCc1ccccc1F. The van der Waals surface area contributed by atoms with Crippen molar-refractivity contribution < 1.29 is 13.6 Å². The van der Waals surface area contributed by atoms with Gasteiger partial charge in [0.25, 0.3) is 0 Å². The number of amides is 1. The zero-order chi connectivity index (χ0) is 15.1. The second kappa shape index (κ2) is 7.78. The molecule has 1 N–H and O–H groups in total. The molecule has 110 valence electrons. The molecule has 0 aliphatic carbocycles. The first-order valence-electron chi connectivity index (χ1n) is 6.54. The molecule has 2 aromatic carbocycles. The molecule has 2 aromatic rings. The quantitative estimate of drug-likeness (QED) is 0.823. The van der Waals surface area contributed by atoms with Crippen molar-refractivity contribution in [2.24, 2.45) is 0 Å².